The van der Waals surface area contributed by atoms with Crippen LogP contribution in [0.1, 0.15) is 36.6 Å². The Kier molecular flexibility index (Phi) is 2.65. The van der Waals surface area contributed by atoms with Crippen molar-refractivity contribution < 1.29 is 4.74 Å². The molecule has 98 valence electrons. The van der Waals surface area contributed by atoms with Crippen molar-refractivity contribution in [2.75, 3.05) is 11.9 Å². The van der Waals surface area contributed by atoms with Gasteiger partial charge in [0.1, 0.15) is 5.82 Å². The van der Waals surface area contributed by atoms with E-state index in [4.69, 9.17) is 4.74 Å². The molecule has 0 saturated heterocycles. The molecule has 1 aliphatic carbocycles. The van der Waals surface area contributed by atoms with Gasteiger partial charge in [0.15, 0.2) is 5.75 Å². The fourth-order valence-corrected chi connectivity index (χ4v) is 3.05. The summed E-state index contributed by atoms with van der Waals surface area (Å²) < 4.78 is 10.3. The van der Waals surface area contributed by atoms with Crippen molar-refractivity contribution in [1.29, 1.82) is 0 Å². The van der Waals surface area contributed by atoms with Gasteiger partial charge >= 0.3 is 0 Å². The van der Waals surface area contributed by atoms with E-state index < -0.39 is 0 Å². The van der Waals surface area contributed by atoms with Gasteiger partial charge in [-0.15, -0.1) is 0 Å². The Morgan fingerprint density at radius 2 is 2.26 bits per heavy atom. The number of fused-ring (bicyclic) bond motifs is 1. The molecule has 1 aromatic heterocycles. The molecule has 2 aliphatic rings. The molecule has 2 aromatic rings. The molecule has 1 aromatic carbocycles. The summed E-state index contributed by atoms with van der Waals surface area (Å²) in [4.78, 5) is 4.47. The maximum absolute atomic E-state index is 5.92. The van der Waals surface area contributed by atoms with E-state index in [1.165, 1.54) is 36.4 Å². The van der Waals surface area contributed by atoms with Crippen molar-refractivity contribution in [1.82, 2.24) is 9.36 Å². The van der Waals surface area contributed by atoms with Crippen molar-refractivity contribution in [2.45, 2.75) is 31.6 Å². The van der Waals surface area contributed by atoms with Gasteiger partial charge in [0.25, 0.3) is 5.19 Å². The summed E-state index contributed by atoms with van der Waals surface area (Å²) in [5, 5.41) is 4.08. The van der Waals surface area contributed by atoms with E-state index >= 15 is 0 Å². The minimum Gasteiger partial charge on any atom is -0.428 e. The largest absolute Gasteiger partial charge is 0.428 e. The minimum absolute atomic E-state index is 0.580. The zero-order valence-corrected chi connectivity index (χ0v) is 11.4. The van der Waals surface area contributed by atoms with Crippen LogP contribution in [0.4, 0.5) is 5.69 Å². The molecule has 0 atom stereocenters. The first-order valence-corrected chi connectivity index (χ1v) is 7.55. The van der Waals surface area contributed by atoms with Crippen LogP contribution < -0.4 is 10.1 Å². The molecular formula is C14H15N3OS. The normalized spacial score (nSPS) is 17.7. The molecule has 1 aliphatic heterocycles. The first-order chi connectivity index (χ1) is 9.40. The van der Waals surface area contributed by atoms with Crippen LogP contribution in [0.2, 0.25) is 0 Å². The van der Waals surface area contributed by atoms with E-state index in [0.717, 1.165) is 30.2 Å². The summed E-state index contributed by atoms with van der Waals surface area (Å²) in [6, 6.07) is 6.20. The number of nitrogens with zero attached hydrogens (tertiary/aromatic N) is 2. The molecule has 5 heteroatoms. The monoisotopic (exact) mass is 273 g/mol. The number of ether oxygens (including phenoxy) is 1. The lowest BCUT2D eigenvalue weighted by atomic mass is 10.0. The lowest BCUT2D eigenvalue weighted by Crippen LogP contribution is -2.12. The quantitative estimate of drug-likeness (QED) is 0.928. The summed E-state index contributed by atoms with van der Waals surface area (Å²) in [5.41, 5.74) is 2.45. The van der Waals surface area contributed by atoms with Crippen LogP contribution in [0.15, 0.2) is 18.2 Å². The molecule has 1 N–H and O–H groups in total. The highest BCUT2D eigenvalue weighted by molar-refractivity contribution is 7.07. The Morgan fingerprint density at radius 1 is 1.32 bits per heavy atom. The van der Waals surface area contributed by atoms with Crippen LogP contribution in [-0.4, -0.2) is 15.9 Å². The second-order valence-corrected chi connectivity index (χ2v) is 5.83. The second kappa shape index (κ2) is 4.49. The number of rotatable bonds is 3. The van der Waals surface area contributed by atoms with E-state index in [0.29, 0.717) is 11.1 Å². The molecule has 2 heterocycles. The van der Waals surface area contributed by atoms with Crippen LogP contribution >= 0.6 is 11.5 Å². The highest BCUT2D eigenvalue weighted by atomic mass is 32.1. The molecule has 19 heavy (non-hydrogen) atoms. The van der Waals surface area contributed by atoms with Crippen molar-refractivity contribution in [3.05, 3.63) is 29.6 Å². The van der Waals surface area contributed by atoms with E-state index in [9.17, 15) is 0 Å². The molecule has 0 radical (unpaired) electrons. The first kappa shape index (κ1) is 11.2. The van der Waals surface area contributed by atoms with Gasteiger partial charge in [0.05, 0.1) is 5.69 Å². The Hall–Kier alpha value is -1.62. The summed E-state index contributed by atoms with van der Waals surface area (Å²) >= 11 is 1.35. The third-order valence-electron chi connectivity index (χ3n) is 3.60. The predicted molar refractivity (Wildman–Crippen MR) is 75.2 cm³/mol. The van der Waals surface area contributed by atoms with E-state index in [2.05, 4.69) is 20.7 Å². The average molecular weight is 273 g/mol. The second-order valence-electron chi connectivity index (χ2n) is 5.12. The van der Waals surface area contributed by atoms with E-state index in [1.54, 1.807) is 0 Å². The van der Waals surface area contributed by atoms with Crippen LogP contribution in [0.5, 0.6) is 10.9 Å². The number of hydrogen-bond donors (Lipinski definition) is 1. The highest BCUT2D eigenvalue weighted by Gasteiger charge is 2.28. The number of anilines is 1. The maximum Gasteiger partial charge on any atom is 0.298 e. The SMILES string of the molecule is c1cc2c(c(Oc3nc(C4CC4)ns3)c1)NCCC2. The van der Waals surface area contributed by atoms with Crippen LogP contribution in [0.25, 0.3) is 0 Å². The number of aryl methyl sites for hydroxylation is 1. The van der Waals surface area contributed by atoms with Gasteiger partial charge in [-0.1, -0.05) is 12.1 Å². The summed E-state index contributed by atoms with van der Waals surface area (Å²) in [5.74, 6) is 2.41. The summed E-state index contributed by atoms with van der Waals surface area (Å²) in [6.07, 6.45) is 4.74. The molecular weight excluding hydrogens is 258 g/mol. The molecule has 0 bridgehead atoms. The van der Waals surface area contributed by atoms with Crippen molar-refractivity contribution in [3.8, 4) is 10.9 Å². The summed E-state index contributed by atoms with van der Waals surface area (Å²) in [6.45, 7) is 1.01. The van der Waals surface area contributed by atoms with Crippen molar-refractivity contribution >= 4 is 17.2 Å². The fourth-order valence-electron chi connectivity index (χ4n) is 2.43. The molecule has 1 fully saturated rings. The lowest BCUT2D eigenvalue weighted by Gasteiger charge is -2.20. The molecule has 0 amide bonds. The van der Waals surface area contributed by atoms with Gasteiger partial charge in [-0.05, 0) is 37.3 Å². The molecule has 4 nitrogen and oxygen atoms in total. The van der Waals surface area contributed by atoms with Crippen molar-refractivity contribution in [2.24, 2.45) is 0 Å². The number of aromatic nitrogens is 2. The van der Waals surface area contributed by atoms with Gasteiger partial charge in [-0.3, -0.25) is 0 Å². The zero-order valence-electron chi connectivity index (χ0n) is 10.6. The Bertz CT molecular complexity index is 606. The molecule has 0 unspecified atom stereocenters. The lowest BCUT2D eigenvalue weighted by molar-refractivity contribution is 0.477. The number of para-hydroxylation sites is 1. The predicted octanol–water partition coefficient (Wildman–Crippen LogP) is 3.57. The fraction of sp³-hybridized carbons (Fsp3) is 0.429. The van der Waals surface area contributed by atoms with Crippen LogP contribution in [0, 0.1) is 0 Å². The number of nitrogens with one attached hydrogen (secondary N) is 1. The van der Waals surface area contributed by atoms with Gasteiger partial charge < -0.3 is 10.1 Å². The van der Waals surface area contributed by atoms with Crippen LogP contribution in [-0.2, 0) is 6.42 Å². The molecule has 4 rings (SSSR count). The van der Waals surface area contributed by atoms with E-state index in [1.807, 2.05) is 12.1 Å². The topological polar surface area (TPSA) is 47.0 Å². The first-order valence-electron chi connectivity index (χ1n) is 6.77. The standard InChI is InChI=1S/C14H15N3OS/c1-3-9-4-2-8-15-12(9)11(5-1)18-14-16-13(17-19-14)10-6-7-10/h1,3,5,10,15H,2,4,6-8H2. The maximum atomic E-state index is 5.92. The minimum atomic E-state index is 0.580. The van der Waals surface area contributed by atoms with Gasteiger partial charge in [0, 0.05) is 24.0 Å². The Morgan fingerprint density at radius 3 is 3.16 bits per heavy atom. The molecule has 0 spiro atoms. The third kappa shape index (κ3) is 2.18. The zero-order chi connectivity index (χ0) is 12.7. The van der Waals surface area contributed by atoms with E-state index in [-0.39, 0.29) is 0 Å². The third-order valence-corrected chi connectivity index (χ3v) is 4.21. The Balaban J connectivity index is 1.61. The van der Waals surface area contributed by atoms with Gasteiger partial charge in [-0.2, -0.15) is 9.36 Å². The summed E-state index contributed by atoms with van der Waals surface area (Å²) in [7, 11) is 0. The average Bonchev–Trinajstić information content (AvgIpc) is 3.20. The highest BCUT2D eigenvalue weighted by Crippen LogP contribution is 2.41. The van der Waals surface area contributed by atoms with Crippen molar-refractivity contribution in [3.63, 3.8) is 0 Å². The number of hydrogen-bond acceptors (Lipinski definition) is 5. The molecule has 1 saturated carbocycles. The van der Waals surface area contributed by atoms with Gasteiger partial charge in [-0.25, -0.2) is 0 Å². The smallest absolute Gasteiger partial charge is 0.298 e. The van der Waals surface area contributed by atoms with Crippen LogP contribution in [0.3, 0.4) is 0 Å². The number of benzene rings is 1. The van der Waals surface area contributed by atoms with Gasteiger partial charge in [0.2, 0.25) is 0 Å². The Labute approximate surface area is 116 Å².